The van der Waals surface area contributed by atoms with Gasteiger partial charge in [-0.3, -0.25) is 0 Å². The summed E-state index contributed by atoms with van der Waals surface area (Å²) in [6.45, 7) is 11.2. The molecule has 2 N–H and O–H groups in total. The SMILES string of the molecule is CCNC(C)C1CCCCN1S(=O)(=O)NC(C)(C)C. The maximum Gasteiger partial charge on any atom is 0.280 e. The summed E-state index contributed by atoms with van der Waals surface area (Å²) in [5.74, 6) is 0. The molecule has 1 heterocycles. The maximum absolute atomic E-state index is 12.5. The standard InChI is InChI=1S/C13H29N3O2S/c1-6-14-11(2)12-9-7-8-10-16(12)19(17,18)15-13(3,4)5/h11-12,14-15H,6-10H2,1-5H3. The van der Waals surface area contributed by atoms with E-state index in [9.17, 15) is 8.42 Å². The van der Waals surface area contributed by atoms with Gasteiger partial charge in [-0.25, -0.2) is 0 Å². The van der Waals surface area contributed by atoms with Gasteiger partial charge in [-0.1, -0.05) is 13.3 Å². The predicted octanol–water partition coefficient (Wildman–Crippen LogP) is 1.47. The van der Waals surface area contributed by atoms with Gasteiger partial charge in [-0.05, 0) is 47.1 Å². The van der Waals surface area contributed by atoms with Gasteiger partial charge in [0.25, 0.3) is 10.2 Å². The molecule has 0 aromatic heterocycles. The van der Waals surface area contributed by atoms with Gasteiger partial charge < -0.3 is 5.32 Å². The highest BCUT2D eigenvalue weighted by atomic mass is 32.2. The molecule has 0 radical (unpaired) electrons. The number of likely N-dealkylation sites (N-methyl/N-ethyl adjacent to an activating group) is 1. The van der Waals surface area contributed by atoms with Crippen molar-refractivity contribution in [3.05, 3.63) is 0 Å². The van der Waals surface area contributed by atoms with E-state index in [1.165, 1.54) is 0 Å². The Kier molecular flexibility index (Phi) is 5.79. The fraction of sp³-hybridized carbons (Fsp3) is 1.00. The topological polar surface area (TPSA) is 61.4 Å². The summed E-state index contributed by atoms with van der Waals surface area (Å²) in [5.41, 5.74) is -0.442. The van der Waals surface area contributed by atoms with Crippen molar-refractivity contribution < 1.29 is 8.42 Å². The van der Waals surface area contributed by atoms with Gasteiger partial charge in [-0.2, -0.15) is 17.4 Å². The Morgan fingerprint density at radius 1 is 1.32 bits per heavy atom. The molecule has 0 aliphatic carbocycles. The second-order valence-corrected chi connectivity index (χ2v) is 8.00. The van der Waals surface area contributed by atoms with E-state index in [1.807, 2.05) is 27.7 Å². The number of nitrogens with zero attached hydrogens (tertiary/aromatic N) is 1. The zero-order valence-corrected chi connectivity index (χ0v) is 13.7. The van der Waals surface area contributed by atoms with Crippen LogP contribution in [0.15, 0.2) is 0 Å². The first kappa shape index (κ1) is 16.9. The van der Waals surface area contributed by atoms with Crippen LogP contribution in [0.3, 0.4) is 0 Å². The molecule has 5 nitrogen and oxygen atoms in total. The van der Waals surface area contributed by atoms with Crippen molar-refractivity contribution in [3.8, 4) is 0 Å². The number of piperidine rings is 1. The fourth-order valence-electron chi connectivity index (χ4n) is 2.63. The molecule has 0 bridgehead atoms. The summed E-state index contributed by atoms with van der Waals surface area (Å²) in [7, 11) is -3.41. The van der Waals surface area contributed by atoms with Crippen LogP contribution >= 0.6 is 0 Å². The van der Waals surface area contributed by atoms with Gasteiger partial charge in [0.2, 0.25) is 0 Å². The lowest BCUT2D eigenvalue weighted by Gasteiger charge is -2.39. The molecule has 1 aliphatic rings. The van der Waals surface area contributed by atoms with Crippen LogP contribution in [0.25, 0.3) is 0 Å². The minimum absolute atomic E-state index is 0.0496. The molecule has 0 aromatic rings. The molecule has 1 saturated heterocycles. The van der Waals surface area contributed by atoms with E-state index in [0.29, 0.717) is 6.54 Å². The molecule has 0 saturated carbocycles. The molecule has 19 heavy (non-hydrogen) atoms. The molecule has 0 spiro atoms. The van der Waals surface area contributed by atoms with Crippen LogP contribution in [-0.2, 0) is 10.2 Å². The van der Waals surface area contributed by atoms with Crippen molar-refractivity contribution in [2.24, 2.45) is 0 Å². The lowest BCUT2D eigenvalue weighted by molar-refractivity contribution is 0.205. The van der Waals surface area contributed by atoms with Crippen molar-refractivity contribution in [3.63, 3.8) is 0 Å². The smallest absolute Gasteiger partial charge is 0.280 e. The highest BCUT2D eigenvalue weighted by Gasteiger charge is 2.36. The van der Waals surface area contributed by atoms with E-state index in [2.05, 4.69) is 17.0 Å². The van der Waals surface area contributed by atoms with E-state index in [-0.39, 0.29) is 12.1 Å². The van der Waals surface area contributed by atoms with Gasteiger partial charge in [-0.15, -0.1) is 0 Å². The van der Waals surface area contributed by atoms with Crippen LogP contribution in [-0.4, -0.2) is 43.4 Å². The van der Waals surface area contributed by atoms with Crippen molar-refractivity contribution in [2.45, 2.75) is 71.5 Å². The lowest BCUT2D eigenvalue weighted by Crippen LogP contribution is -2.58. The maximum atomic E-state index is 12.5. The molecular formula is C13H29N3O2S. The van der Waals surface area contributed by atoms with Crippen molar-refractivity contribution >= 4 is 10.2 Å². The van der Waals surface area contributed by atoms with Gasteiger partial charge in [0.1, 0.15) is 0 Å². The predicted molar refractivity (Wildman–Crippen MR) is 79.3 cm³/mol. The van der Waals surface area contributed by atoms with Crippen LogP contribution in [0.5, 0.6) is 0 Å². The molecule has 114 valence electrons. The van der Waals surface area contributed by atoms with Crippen LogP contribution in [0.4, 0.5) is 0 Å². The lowest BCUT2D eigenvalue weighted by atomic mass is 9.99. The van der Waals surface area contributed by atoms with E-state index in [4.69, 9.17) is 0 Å². The molecule has 1 aliphatic heterocycles. The van der Waals surface area contributed by atoms with E-state index in [0.717, 1.165) is 25.8 Å². The van der Waals surface area contributed by atoms with Gasteiger partial charge in [0.05, 0.1) is 0 Å². The minimum atomic E-state index is -3.41. The average Bonchev–Trinajstić information content (AvgIpc) is 2.26. The highest BCUT2D eigenvalue weighted by molar-refractivity contribution is 7.87. The summed E-state index contributed by atoms with van der Waals surface area (Å²) in [4.78, 5) is 0. The highest BCUT2D eigenvalue weighted by Crippen LogP contribution is 2.23. The molecular weight excluding hydrogens is 262 g/mol. The quantitative estimate of drug-likeness (QED) is 0.806. The van der Waals surface area contributed by atoms with Gasteiger partial charge >= 0.3 is 0 Å². The van der Waals surface area contributed by atoms with E-state index >= 15 is 0 Å². The summed E-state index contributed by atoms with van der Waals surface area (Å²) in [5, 5.41) is 3.35. The second-order valence-electron chi connectivity index (χ2n) is 6.38. The van der Waals surface area contributed by atoms with Crippen LogP contribution < -0.4 is 10.0 Å². The molecule has 1 fully saturated rings. The third-order valence-electron chi connectivity index (χ3n) is 3.35. The van der Waals surface area contributed by atoms with Crippen LogP contribution in [0.1, 0.15) is 53.9 Å². The summed E-state index contributed by atoms with van der Waals surface area (Å²) < 4.78 is 29.4. The number of rotatable bonds is 5. The first-order valence-corrected chi connectivity index (χ1v) is 8.65. The Bertz CT molecular complexity index is 376. The number of hydrogen-bond donors (Lipinski definition) is 2. The van der Waals surface area contributed by atoms with Gasteiger partial charge in [0, 0.05) is 24.2 Å². The Balaban J connectivity index is 2.87. The third kappa shape index (κ3) is 5.02. The third-order valence-corrected chi connectivity index (χ3v) is 5.29. The van der Waals surface area contributed by atoms with Gasteiger partial charge in [0.15, 0.2) is 0 Å². The summed E-state index contributed by atoms with van der Waals surface area (Å²) >= 11 is 0. The van der Waals surface area contributed by atoms with Crippen LogP contribution in [0.2, 0.25) is 0 Å². The largest absolute Gasteiger partial charge is 0.313 e. The molecule has 2 unspecified atom stereocenters. The van der Waals surface area contributed by atoms with Crippen molar-refractivity contribution in [1.29, 1.82) is 0 Å². The average molecular weight is 291 g/mol. The Labute approximate surface area is 118 Å². The van der Waals surface area contributed by atoms with Crippen LogP contribution in [0, 0.1) is 0 Å². The number of nitrogens with one attached hydrogen (secondary N) is 2. The Morgan fingerprint density at radius 2 is 1.95 bits per heavy atom. The summed E-state index contributed by atoms with van der Waals surface area (Å²) in [6, 6.07) is 0.232. The monoisotopic (exact) mass is 291 g/mol. The van der Waals surface area contributed by atoms with E-state index in [1.54, 1.807) is 4.31 Å². The van der Waals surface area contributed by atoms with Crippen molar-refractivity contribution in [1.82, 2.24) is 14.3 Å². The molecule has 6 heteroatoms. The Morgan fingerprint density at radius 3 is 2.47 bits per heavy atom. The zero-order chi connectivity index (χ0) is 14.7. The van der Waals surface area contributed by atoms with E-state index < -0.39 is 15.7 Å². The van der Waals surface area contributed by atoms with Crippen molar-refractivity contribution in [2.75, 3.05) is 13.1 Å². The molecule has 1 rings (SSSR count). The summed E-state index contributed by atoms with van der Waals surface area (Å²) in [6.07, 6.45) is 2.97. The number of hydrogen-bond acceptors (Lipinski definition) is 3. The zero-order valence-electron chi connectivity index (χ0n) is 12.9. The molecule has 2 atom stereocenters. The Hall–Kier alpha value is -0.170. The minimum Gasteiger partial charge on any atom is -0.313 e. The second kappa shape index (κ2) is 6.52. The normalized spacial score (nSPS) is 24.4. The first-order chi connectivity index (χ1) is 8.67. The molecule has 0 amide bonds. The fourth-order valence-corrected chi connectivity index (χ4v) is 4.54. The molecule has 0 aromatic carbocycles. The first-order valence-electron chi connectivity index (χ1n) is 7.21.